The van der Waals surface area contributed by atoms with Gasteiger partial charge in [0.1, 0.15) is 11.8 Å². The largest absolute Gasteiger partial charge is 0.496 e. The van der Waals surface area contributed by atoms with Gasteiger partial charge in [-0.2, -0.15) is 0 Å². The zero-order chi connectivity index (χ0) is 11.7. The number of carboxylic acids is 1. The number of carboxylic acid groups (broad SMARTS) is 1. The number of carbonyl (C=O) groups is 1. The van der Waals surface area contributed by atoms with Crippen molar-refractivity contribution in [3.05, 3.63) is 29.3 Å². The van der Waals surface area contributed by atoms with E-state index in [4.69, 9.17) is 15.6 Å². The average molecular weight is 221 g/mol. The second-order valence-corrected chi connectivity index (χ2v) is 4.04. The van der Waals surface area contributed by atoms with Gasteiger partial charge < -0.3 is 15.6 Å². The molecule has 0 heterocycles. The van der Waals surface area contributed by atoms with E-state index in [9.17, 15) is 4.79 Å². The van der Waals surface area contributed by atoms with E-state index in [1.54, 1.807) is 7.11 Å². The fourth-order valence-electron chi connectivity index (χ4n) is 2.39. The van der Waals surface area contributed by atoms with Crippen molar-refractivity contribution in [1.82, 2.24) is 0 Å². The third kappa shape index (κ3) is 1.65. The van der Waals surface area contributed by atoms with Crippen LogP contribution in [0.5, 0.6) is 5.75 Å². The molecule has 4 heteroatoms. The molecule has 0 fully saturated rings. The zero-order valence-electron chi connectivity index (χ0n) is 9.14. The van der Waals surface area contributed by atoms with Crippen molar-refractivity contribution in [1.29, 1.82) is 0 Å². The molecule has 3 N–H and O–H groups in total. The molecule has 0 bridgehead atoms. The van der Waals surface area contributed by atoms with Crippen molar-refractivity contribution in [3.8, 4) is 5.75 Å². The number of benzene rings is 1. The number of nitrogens with two attached hydrogens (primary N) is 1. The molecule has 0 spiro atoms. The minimum atomic E-state index is -0.944. The molecule has 0 saturated carbocycles. The van der Waals surface area contributed by atoms with Gasteiger partial charge in [-0.25, -0.2) is 0 Å². The molecule has 0 saturated heterocycles. The molecule has 1 aromatic rings. The number of ether oxygens (including phenoxy) is 1. The van der Waals surface area contributed by atoms with Gasteiger partial charge in [0.15, 0.2) is 0 Å². The Morgan fingerprint density at radius 2 is 2.38 bits per heavy atom. The highest BCUT2D eigenvalue weighted by Crippen LogP contribution is 2.39. The smallest absolute Gasteiger partial charge is 0.321 e. The predicted molar refractivity (Wildman–Crippen MR) is 59.7 cm³/mol. The summed E-state index contributed by atoms with van der Waals surface area (Å²) in [5.41, 5.74) is 7.81. The SMILES string of the molecule is COc1cccc2c1CCC2C(N)C(=O)O. The maximum atomic E-state index is 10.9. The van der Waals surface area contributed by atoms with Gasteiger partial charge in [-0.1, -0.05) is 12.1 Å². The van der Waals surface area contributed by atoms with Gasteiger partial charge >= 0.3 is 5.97 Å². The van der Waals surface area contributed by atoms with Crippen LogP contribution in [0.4, 0.5) is 0 Å². The molecule has 1 aliphatic carbocycles. The van der Waals surface area contributed by atoms with Gasteiger partial charge in [0.2, 0.25) is 0 Å². The lowest BCUT2D eigenvalue weighted by Gasteiger charge is -2.16. The molecule has 1 aliphatic rings. The van der Waals surface area contributed by atoms with E-state index in [0.717, 1.165) is 29.7 Å². The molecule has 4 nitrogen and oxygen atoms in total. The number of fused-ring (bicyclic) bond motifs is 1. The van der Waals surface area contributed by atoms with Crippen LogP contribution in [0.25, 0.3) is 0 Å². The first-order valence-electron chi connectivity index (χ1n) is 5.29. The fraction of sp³-hybridized carbons (Fsp3) is 0.417. The molecular weight excluding hydrogens is 206 g/mol. The summed E-state index contributed by atoms with van der Waals surface area (Å²) in [7, 11) is 1.63. The van der Waals surface area contributed by atoms with E-state index in [0.29, 0.717) is 0 Å². The van der Waals surface area contributed by atoms with E-state index in [1.807, 2.05) is 18.2 Å². The number of hydrogen-bond donors (Lipinski definition) is 2. The maximum Gasteiger partial charge on any atom is 0.321 e. The Kier molecular flexibility index (Phi) is 2.83. The first-order chi connectivity index (χ1) is 7.65. The summed E-state index contributed by atoms with van der Waals surface area (Å²) in [6.45, 7) is 0. The van der Waals surface area contributed by atoms with Gasteiger partial charge in [-0.15, -0.1) is 0 Å². The Morgan fingerprint density at radius 1 is 1.62 bits per heavy atom. The Labute approximate surface area is 94.0 Å². The number of rotatable bonds is 3. The lowest BCUT2D eigenvalue weighted by atomic mass is 9.94. The van der Waals surface area contributed by atoms with Crippen LogP contribution in [-0.2, 0) is 11.2 Å². The van der Waals surface area contributed by atoms with Crippen molar-refractivity contribution >= 4 is 5.97 Å². The first kappa shape index (κ1) is 11.0. The highest BCUT2D eigenvalue weighted by molar-refractivity contribution is 5.75. The second-order valence-electron chi connectivity index (χ2n) is 4.04. The molecular formula is C12H15NO3. The van der Waals surface area contributed by atoms with Crippen LogP contribution in [0.2, 0.25) is 0 Å². The summed E-state index contributed by atoms with van der Waals surface area (Å²) in [4.78, 5) is 10.9. The summed E-state index contributed by atoms with van der Waals surface area (Å²) < 4.78 is 5.26. The van der Waals surface area contributed by atoms with E-state index >= 15 is 0 Å². The molecule has 1 aromatic carbocycles. The number of aliphatic carboxylic acids is 1. The van der Waals surface area contributed by atoms with E-state index in [2.05, 4.69) is 0 Å². The van der Waals surface area contributed by atoms with Crippen LogP contribution in [0.1, 0.15) is 23.5 Å². The molecule has 86 valence electrons. The topological polar surface area (TPSA) is 72.5 Å². The van der Waals surface area contributed by atoms with Crippen LogP contribution in [-0.4, -0.2) is 24.2 Å². The van der Waals surface area contributed by atoms with E-state index < -0.39 is 12.0 Å². The molecule has 2 atom stereocenters. The van der Waals surface area contributed by atoms with Gasteiger partial charge in [0.25, 0.3) is 0 Å². The van der Waals surface area contributed by atoms with Crippen LogP contribution >= 0.6 is 0 Å². The van der Waals surface area contributed by atoms with Gasteiger partial charge in [0.05, 0.1) is 7.11 Å². The highest BCUT2D eigenvalue weighted by atomic mass is 16.5. The normalized spacial score (nSPS) is 20.2. The van der Waals surface area contributed by atoms with Crippen LogP contribution in [0.15, 0.2) is 18.2 Å². The second kappa shape index (κ2) is 4.14. The van der Waals surface area contributed by atoms with Gasteiger partial charge in [-0.3, -0.25) is 4.79 Å². The Bertz CT molecular complexity index is 417. The Balaban J connectivity index is 2.37. The lowest BCUT2D eigenvalue weighted by Crippen LogP contribution is -2.35. The summed E-state index contributed by atoms with van der Waals surface area (Å²) in [6.07, 6.45) is 1.62. The fourth-order valence-corrected chi connectivity index (χ4v) is 2.39. The van der Waals surface area contributed by atoms with Crippen molar-refractivity contribution in [2.75, 3.05) is 7.11 Å². The number of methoxy groups -OCH3 is 1. The van der Waals surface area contributed by atoms with E-state index in [-0.39, 0.29) is 5.92 Å². The van der Waals surface area contributed by atoms with E-state index in [1.165, 1.54) is 0 Å². The highest BCUT2D eigenvalue weighted by Gasteiger charge is 2.32. The van der Waals surface area contributed by atoms with Crippen molar-refractivity contribution in [3.63, 3.8) is 0 Å². The van der Waals surface area contributed by atoms with Crippen molar-refractivity contribution in [2.24, 2.45) is 5.73 Å². The molecule has 2 rings (SSSR count). The quantitative estimate of drug-likeness (QED) is 0.802. The molecule has 0 aromatic heterocycles. The molecule has 0 radical (unpaired) electrons. The maximum absolute atomic E-state index is 10.9. The van der Waals surface area contributed by atoms with Gasteiger partial charge in [-0.05, 0) is 30.0 Å². The summed E-state index contributed by atoms with van der Waals surface area (Å²) >= 11 is 0. The summed E-state index contributed by atoms with van der Waals surface area (Å²) in [5.74, 6) is -0.208. The molecule has 2 unspecified atom stereocenters. The van der Waals surface area contributed by atoms with Gasteiger partial charge in [0, 0.05) is 5.92 Å². The lowest BCUT2D eigenvalue weighted by molar-refractivity contribution is -0.139. The third-order valence-corrected chi connectivity index (χ3v) is 3.21. The summed E-state index contributed by atoms with van der Waals surface area (Å²) in [6, 6.07) is 4.89. The first-order valence-corrected chi connectivity index (χ1v) is 5.29. The minimum Gasteiger partial charge on any atom is -0.496 e. The molecule has 16 heavy (non-hydrogen) atoms. The molecule has 0 amide bonds. The minimum absolute atomic E-state index is 0.0948. The zero-order valence-corrected chi connectivity index (χ0v) is 9.14. The average Bonchev–Trinajstić information content (AvgIpc) is 2.71. The Morgan fingerprint density at radius 3 is 3.00 bits per heavy atom. The third-order valence-electron chi connectivity index (χ3n) is 3.21. The Hall–Kier alpha value is -1.55. The van der Waals surface area contributed by atoms with Crippen LogP contribution < -0.4 is 10.5 Å². The van der Waals surface area contributed by atoms with Crippen molar-refractivity contribution in [2.45, 2.75) is 24.8 Å². The monoisotopic (exact) mass is 221 g/mol. The molecule has 0 aliphatic heterocycles. The summed E-state index contributed by atoms with van der Waals surface area (Å²) in [5, 5.41) is 8.94. The number of hydrogen-bond acceptors (Lipinski definition) is 3. The predicted octanol–water partition coefficient (Wildman–Crippen LogP) is 1.14. The van der Waals surface area contributed by atoms with Crippen molar-refractivity contribution < 1.29 is 14.6 Å². The van der Waals surface area contributed by atoms with Crippen LogP contribution in [0.3, 0.4) is 0 Å². The van der Waals surface area contributed by atoms with Crippen LogP contribution in [0, 0.1) is 0 Å². The standard InChI is InChI=1S/C12H15NO3/c1-16-10-4-2-3-7-8(10)5-6-9(7)11(13)12(14)15/h2-4,9,11H,5-6,13H2,1H3,(H,14,15).